The molecule has 1 aromatic carbocycles. The Kier molecular flexibility index (Phi) is 4.99. The molecule has 1 saturated carbocycles. The summed E-state index contributed by atoms with van der Waals surface area (Å²) in [5.74, 6) is 0.154. The van der Waals surface area contributed by atoms with Crippen molar-refractivity contribution in [1.82, 2.24) is 4.90 Å². The number of β-amino-alcohol motifs (C(OH)–C–C–N with tert-alkyl or cyclic N) is 1. The lowest BCUT2D eigenvalue weighted by atomic mass is 9.77. The van der Waals surface area contributed by atoms with Crippen LogP contribution in [0.1, 0.15) is 30.9 Å². The van der Waals surface area contributed by atoms with Gasteiger partial charge in [-0.1, -0.05) is 34.1 Å². The number of aliphatic hydroxyl groups is 1. The van der Waals surface area contributed by atoms with Gasteiger partial charge in [0.15, 0.2) is 11.5 Å². The lowest BCUT2D eigenvalue weighted by Gasteiger charge is -2.37. The van der Waals surface area contributed by atoms with Gasteiger partial charge in [-0.3, -0.25) is 9.59 Å². The van der Waals surface area contributed by atoms with Crippen LogP contribution in [0, 0.1) is 5.92 Å². The molecule has 4 unspecified atom stereocenters. The van der Waals surface area contributed by atoms with Crippen molar-refractivity contribution in [1.29, 1.82) is 0 Å². The fraction of sp³-hybridized carbons (Fsp3) is 0.500. The number of fused-ring (bicyclic) bond motifs is 1. The molecular formula is C20H22BrNO5. The molecule has 3 aliphatic rings. The lowest BCUT2D eigenvalue weighted by Crippen LogP contribution is -2.41. The Morgan fingerprint density at radius 2 is 2.07 bits per heavy atom. The number of methoxy groups -OCH3 is 1. The average Bonchev–Trinajstić information content (AvgIpc) is 2.95. The van der Waals surface area contributed by atoms with E-state index in [9.17, 15) is 14.7 Å². The number of ketones is 1. The van der Waals surface area contributed by atoms with Gasteiger partial charge in [-0.25, -0.2) is 0 Å². The number of ether oxygens (including phenoxy) is 2. The van der Waals surface area contributed by atoms with Gasteiger partial charge in [0.25, 0.3) is 5.91 Å². The first-order valence-electron chi connectivity index (χ1n) is 9.20. The summed E-state index contributed by atoms with van der Waals surface area (Å²) in [6.07, 6.45) is 2.12. The first-order valence-corrected chi connectivity index (χ1v) is 10.1. The zero-order chi connectivity index (χ0) is 19.1. The SMILES string of the molecule is COc1ccccc1C1C2=C(OC3CCC(Br)CC3C2=O)C(=O)N1CCO. The first kappa shape index (κ1) is 18.5. The highest BCUT2D eigenvalue weighted by Crippen LogP contribution is 2.48. The molecule has 144 valence electrons. The summed E-state index contributed by atoms with van der Waals surface area (Å²) >= 11 is 3.63. The molecule has 27 heavy (non-hydrogen) atoms. The zero-order valence-corrected chi connectivity index (χ0v) is 16.6. The molecule has 1 aliphatic carbocycles. The summed E-state index contributed by atoms with van der Waals surface area (Å²) in [7, 11) is 1.56. The van der Waals surface area contributed by atoms with Crippen molar-refractivity contribution in [2.45, 2.75) is 36.2 Å². The highest BCUT2D eigenvalue weighted by Gasteiger charge is 2.53. The zero-order valence-electron chi connectivity index (χ0n) is 15.1. The van der Waals surface area contributed by atoms with Crippen LogP contribution in [0.5, 0.6) is 5.75 Å². The molecule has 1 amide bonds. The molecule has 0 bridgehead atoms. The van der Waals surface area contributed by atoms with Crippen LogP contribution >= 0.6 is 15.9 Å². The van der Waals surface area contributed by atoms with E-state index in [1.165, 1.54) is 4.90 Å². The maximum absolute atomic E-state index is 13.4. The third kappa shape index (κ3) is 2.97. The van der Waals surface area contributed by atoms with E-state index in [1.807, 2.05) is 24.3 Å². The number of alkyl halides is 1. The topological polar surface area (TPSA) is 76.1 Å². The van der Waals surface area contributed by atoms with Crippen LogP contribution < -0.4 is 4.74 Å². The number of amides is 1. The van der Waals surface area contributed by atoms with Crippen molar-refractivity contribution in [3.63, 3.8) is 0 Å². The minimum atomic E-state index is -0.597. The third-order valence-electron chi connectivity index (χ3n) is 5.65. The van der Waals surface area contributed by atoms with E-state index in [0.717, 1.165) is 18.4 Å². The van der Waals surface area contributed by atoms with E-state index >= 15 is 0 Å². The molecule has 0 radical (unpaired) electrons. The third-order valence-corrected chi connectivity index (χ3v) is 6.49. The molecule has 4 atom stereocenters. The Morgan fingerprint density at radius 1 is 1.30 bits per heavy atom. The molecule has 0 saturated heterocycles. The lowest BCUT2D eigenvalue weighted by molar-refractivity contribution is -0.135. The summed E-state index contributed by atoms with van der Waals surface area (Å²) in [5, 5.41) is 9.50. The molecule has 1 aromatic rings. The minimum absolute atomic E-state index is 0.0184. The van der Waals surface area contributed by atoms with Gasteiger partial charge in [0.1, 0.15) is 11.9 Å². The smallest absolute Gasteiger partial charge is 0.290 e. The highest BCUT2D eigenvalue weighted by molar-refractivity contribution is 9.09. The molecular weight excluding hydrogens is 414 g/mol. The second-order valence-electron chi connectivity index (χ2n) is 7.15. The first-order chi connectivity index (χ1) is 13.1. The number of carbonyl (C=O) groups is 2. The number of benzene rings is 1. The number of hydrogen-bond acceptors (Lipinski definition) is 5. The van der Waals surface area contributed by atoms with Gasteiger partial charge < -0.3 is 19.5 Å². The van der Waals surface area contributed by atoms with Crippen LogP contribution in [0.3, 0.4) is 0 Å². The second kappa shape index (κ2) is 7.28. The summed E-state index contributed by atoms with van der Waals surface area (Å²) in [5.41, 5.74) is 1.13. The number of aliphatic hydroxyl groups excluding tert-OH is 1. The molecule has 0 spiro atoms. The van der Waals surface area contributed by atoms with Crippen molar-refractivity contribution in [2.24, 2.45) is 5.92 Å². The van der Waals surface area contributed by atoms with Gasteiger partial charge in [-0.2, -0.15) is 0 Å². The normalized spacial score (nSPS) is 30.1. The van der Waals surface area contributed by atoms with Crippen molar-refractivity contribution >= 4 is 27.6 Å². The number of para-hydroxylation sites is 1. The Labute approximate surface area is 166 Å². The predicted molar refractivity (Wildman–Crippen MR) is 101 cm³/mol. The van der Waals surface area contributed by atoms with Crippen LogP contribution in [0.2, 0.25) is 0 Å². The minimum Gasteiger partial charge on any atom is -0.496 e. The van der Waals surface area contributed by atoms with Crippen LogP contribution in [-0.2, 0) is 14.3 Å². The van der Waals surface area contributed by atoms with Crippen LogP contribution in [0.25, 0.3) is 0 Å². The molecule has 6 nitrogen and oxygen atoms in total. The van der Waals surface area contributed by atoms with E-state index in [4.69, 9.17) is 9.47 Å². The summed E-state index contributed by atoms with van der Waals surface area (Å²) < 4.78 is 11.5. The molecule has 1 fully saturated rings. The van der Waals surface area contributed by atoms with Gasteiger partial charge in [-0.15, -0.1) is 0 Å². The summed E-state index contributed by atoms with van der Waals surface area (Å²) in [6, 6.07) is 6.76. The molecule has 1 N–H and O–H groups in total. The quantitative estimate of drug-likeness (QED) is 0.734. The number of nitrogens with zero attached hydrogens (tertiary/aromatic N) is 1. The maximum Gasteiger partial charge on any atom is 0.290 e. The van der Waals surface area contributed by atoms with E-state index < -0.39 is 6.04 Å². The molecule has 4 rings (SSSR count). The molecule has 2 heterocycles. The van der Waals surface area contributed by atoms with Crippen LogP contribution in [0.15, 0.2) is 35.6 Å². The average molecular weight is 436 g/mol. The number of halogens is 1. The van der Waals surface area contributed by atoms with E-state index in [-0.39, 0.29) is 47.5 Å². The van der Waals surface area contributed by atoms with Crippen molar-refractivity contribution in [3.05, 3.63) is 41.2 Å². The molecule has 0 aromatic heterocycles. The second-order valence-corrected chi connectivity index (χ2v) is 8.44. The summed E-state index contributed by atoms with van der Waals surface area (Å²) in [4.78, 5) is 28.3. The fourth-order valence-corrected chi connectivity index (χ4v) is 5.08. The monoisotopic (exact) mass is 435 g/mol. The van der Waals surface area contributed by atoms with Crippen molar-refractivity contribution < 1.29 is 24.2 Å². The van der Waals surface area contributed by atoms with Gasteiger partial charge in [0, 0.05) is 16.9 Å². The Hall–Kier alpha value is -1.86. The highest BCUT2D eigenvalue weighted by atomic mass is 79.9. The number of Topliss-reactive ketones (excluding diaryl/α,β-unsaturated/α-hetero) is 1. The molecule has 7 heteroatoms. The van der Waals surface area contributed by atoms with Gasteiger partial charge in [-0.05, 0) is 25.3 Å². The maximum atomic E-state index is 13.4. The van der Waals surface area contributed by atoms with Gasteiger partial charge >= 0.3 is 0 Å². The summed E-state index contributed by atoms with van der Waals surface area (Å²) in [6.45, 7) is -0.0654. The Bertz CT molecular complexity index is 807. The number of hydrogen-bond donors (Lipinski definition) is 1. The molecule has 2 aliphatic heterocycles. The van der Waals surface area contributed by atoms with E-state index in [2.05, 4.69) is 15.9 Å². The van der Waals surface area contributed by atoms with Crippen molar-refractivity contribution in [2.75, 3.05) is 20.3 Å². The van der Waals surface area contributed by atoms with Crippen LogP contribution in [0.4, 0.5) is 0 Å². The van der Waals surface area contributed by atoms with E-state index in [0.29, 0.717) is 17.7 Å². The van der Waals surface area contributed by atoms with Crippen LogP contribution in [-0.4, -0.2) is 52.9 Å². The number of carbonyl (C=O) groups excluding carboxylic acids is 2. The van der Waals surface area contributed by atoms with Gasteiger partial charge in [0.05, 0.1) is 31.2 Å². The van der Waals surface area contributed by atoms with Crippen molar-refractivity contribution in [3.8, 4) is 5.75 Å². The number of rotatable bonds is 4. The fourth-order valence-electron chi connectivity index (χ4n) is 4.42. The van der Waals surface area contributed by atoms with E-state index in [1.54, 1.807) is 7.11 Å². The Morgan fingerprint density at radius 3 is 2.81 bits per heavy atom. The largest absolute Gasteiger partial charge is 0.496 e. The standard InChI is InChI=1S/C20H22BrNO5/c1-26-14-5-3-2-4-12(14)17-16-18(24)13-10-11(21)6-7-15(13)27-19(16)20(25)22(17)8-9-23/h2-5,11,13,15,17,23H,6-10H2,1H3. The Balaban J connectivity index is 1.82. The predicted octanol–water partition coefficient (Wildman–Crippen LogP) is 2.36. The van der Waals surface area contributed by atoms with Gasteiger partial charge in [0.2, 0.25) is 0 Å².